The Morgan fingerprint density at radius 3 is 2.53 bits per heavy atom. The van der Waals surface area contributed by atoms with Crippen molar-refractivity contribution in [1.29, 1.82) is 10.5 Å². The summed E-state index contributed by atoms with van der Waals surface area (Å²) in [4.78, 5) is 4.00. The number of aliphatic hydroxyl groups is 1. The quantitative estimate of drug-likeness (QED) is 0.488. The van der Waals surface area contributed by atoms with Crippen molar-refractivity contribution in [3.05, 3.63) is 87.5 Å². The Morgan fingerprint density at radius 2 is 1.79 bits per heavy atom. The van der Waals surface area contributed by atoms with Crippen LogP contribution in [0.2, 0.25) is 0 Å². The first-order valence-electron chi connectivity index (χ1n) is 10.7. The van der Waals surface area contributed by atoms with E-state index in [4.69, 9.17) is 0 Å². The van der Waals surface area contributed by atoms with Gasteiger partial charge in [-0.25, -0.2) is 22.5 Å². The summed E-state index contributed by atoms with van der Waals surface area (Å²) in [6.45, 7) is 0. The third-order valence-corrected chi connectivity index (χ3v) is 6.75. The van der Waals surface area contributed by atoms with Gasteiger partial charge in [0.25, 0.3) is 5.92 Å². The number of aromatic nitrogens is 1. The van der Waals surface area contributed by atoms with Crippen LogP contribution < -0.4 is 0 Å². The van der Waals surface area contributed by atoms with Crippen LogP contribution in [-0.2, 0) is 6.42 Å². The number of hydrogen-bond donors (Lipinski definition) is 1. The monoisotopic (exact) mass is 463 g/mol. The Hall–Kier alpha value is -3.75. The molecule has 4 nitrogen and oxygen atoms in total. The van der Waals surface area contributed by atoms with Crippen LogP contribution in [0.5, 0.6) is 0 Å². The van der Waals surface area contributed by atoms with E-state index in [2.05, 4.69) is 4.98 Å². The van der Waals surface area contributed by atoms with Gasteiger partial charge >= 0.3 is 0 Å². The average molecular weight is 463 g/mol. The highest BCUT2D eigenvalue weighted by molar-refractivity contribution is 5.76. The van der Waals surface area contributed by atoms with Crippen molar-refractivity contribution in [3.8, 4) is 23.3 Å². The number of alkyl halides is 3. The summed E-state index contributed by atoms with van der Waals surface area (Å²) in [5.41, 5.74) is 1.56. The van der Waals surface area contributed by atoms with Crippen LogP contribution in [-0.4, -0.2) is 16.0 Å². The van der Waals surface area contributed by atoms with Crippen LogP contribution in [0.15, 0.2) is 42.6 Å². The molecule has 2 aromatic carbocycles. The number of nitriles is 2. The molecule has 3 atom stereocenters. The molecule has 0 amide bonds. The first kappa shape index (κ1) is 22.1. The molecule has 0 saturated heterocycles. The number of hydrogen-bond acceptors (Lipinski definition) is 4. The Bertz CT molecular complexity index is 1410. The van der Waals surface area contributed by atoms with Crippen molar-refractivity contribution in [1.82, 2.24) is 4.98 Å². The second-order valence-electron chi connectivity index (χ2n) is 8.61. The Morgan fingerprint density at radius 1 is 1.00 bits per heavy atom. The van der Waals surface area contributed by atoms with Crippen molar-refractivity contribution < 1.29 is 22.7 Å². The van der Waals surface area contributed by atoms with Crippen LogP contribution in [0.3, 0.4) is 0 Å². The molecule has 0 aliphatic heterocycles. The lowest BCUT2D eigenvalue weighted by Gasteiger charge is -2.31. The van der Waals surface area contributed by atoms with Gasteiger partial charge in [-0.2, -0.15) is 10.5 Å². The Labute approximate surface area is 192 Å². The lowest BCUT2D eigenvalue weighted by Crippen LogP contribution is -2.22. The van der Waals surface area contributed by atoms with Gasteiger partial charge in [-0.05, 0) is 70.5 Å². The van der Waals surface area contributed by atoms with Crippen molar-refractivity contribution in [2.24, 2.45) is 0 Å². The molecule has 170 valence electrons. The van der Waals surface area contributed by atoms with Crippen molar-refractivity contribution in [2.45, 2.75) is 43.4 Å². The first-order valence-corrected chi connectivity index (χ1v) is 10.7. The first-order chi connectivity index (χ1) is 16.3. The lowest BCUT2D eigenvalue weighted by molar-refractivity contribution is -0.0966. The van der Waals surface area contributed by atoms with Gasteiger partial charge in [0, 0.05) is 24.1 Å². The Balaban J connectivity index is 1.77. The Kier molecular flexibility index (Phi) is 5.15. The summed E-state index contributed by atoms with van der Waals surface area (Å²) in [5, 5.41) is 29.6. The predicted octanol–water partition coefficient (Wildman–Crippen LogP) is 5.79. The molecule has 0 bridgehead atoms. The largest absolute Gasteiger partial charge is 0.382 e. The minimum atomic E-state index is -3.46. The van der Waals surface area contributed by atoms with Crippen molar-refractivity contribution >= 4 is 0 Å². The van der Waals surface area contributed by atoms with Gasteiger partial charge < -0.3 is 5.11 Å². The molecule has 5 rings (SSSR count). The molecule has 0 spiro atoms. The van der Waals surface area contributed by atoms with Crippen molar-refractivity contribution in [2.75, 3.05) is 0 Å². The molecule has 0 fully saturated rings. The van der Waals surface area contributed by atoms with Gasteiger partial charge in [0.05, 0.1) is 11.6 Å². The molecule has 2 aliphatic carbocycles. The zero-order valence-electron chi connectivity index (χ0n) is 17.7. The maximum atomic E-state index is 14.8. The zero-order chi connectivity index (χ0) is 24.2. The lowest BCUT2D eigenvalue weighted by atomic mass is 9.74. The number of aliphatic hydroxyl groups excluding tert-OH is 1. The van der Waals surface area contributed by atoms with Crippen LogP contribution >= 0.6 is 0 Å². The van der Waals surface area contributed by atoms with E-state index in [1.807, 2.05) is 12.1 Å². The minimum Gasteiger partial charge on any atom is -0.382 e. The molecule has 1 N–H and O–H groups in total. The third kappa shape index (κ3) is 3.26. The number of halogens is 4. The van der Waals surface area contributed by atoms with Gasteiger partial charge in [0.1, 0.15) is 29.9 Å². The van der Waals surface area contributed by atoms with Gasteiger partial charge in [-0.1, -0.05) is 12.1 Å². The molecular formula is C26H17F4N3O. The number of fused-ring (bicyclic) bond motifs is 2. The standard InChI is InChI=1S/C26H17F4N3O/c27-14-8-13(11-31)23-17(5-6-21(28)19(23)9-14)15-3-4-18(16-2-1-7-33-22(16)12-32)24-20(15)10-26(29,30)25(24)34/h1-4,7-9,17,21,25,34H,5-6,10H2/t17-,21+,25+/m1/s1. The summed E-state index contributed by atoms with van der Waals surface area (Å²) in [7, 11) is 0. The molecule has 34 heavy (non-hydrogen) atoms. The normalized spacial score (nSPS) is 22.4. The van der Waals surface area contributed by atoms with Gasteiger partial charge in [0.2, 0.25) is 0 Å². The summed E-state index contributed by atoms with van der Waals surface area (Å²) >= 11 is 0. The van der Waals surface area contributed by atoms with Crippen LogP contribution in [0, 0.1) is 28.5 Å². The molecule has 3 aromatic rings. The van der Waals surface area contributed by atoms with Crippen LogP contribution in [0.25, 0.3) is 11.1 Å². The molecule has 0 saturated carbocycles. The SMILES string of the molecule is N#Cc1cc(F)cc2c1[C@@H](c1ccc(-c3cccnc3C#N)c3c1CC(F)(F)[C@H]3O)CC[C@@H]2F. The van der Waals surface area contributed by atoms with E-state index in [9.17, 15) is 33.2 Å². The van der Waals surface area contributed by atoms with E-state index in [0.717, 1.165) is 12.1 Å². The third-order valence-electron chi connectivity index (χ3n) is 6.75. The smallest absolute Gasteiger partial charge is 0.281 e. The van der Waals surface area contributed by atoms with E-state index in [0.29, 0.717) is 16.7 Å². The van der Waals surface area contributed by atoms with E-state index < -0.39 is 36.4 Å². The summed E-state index contributed by atoms with van der Waals surface area (Å²) in [6.07, 6.45) is -2.63. The average Bonchev–Trinajstić information content (AvgIpc) is 3.07. The number of rotatable bonds is 2. The van der Waals surface area contributed by atoms with Gasteiger partial charge in [0.15, 0.2) is 0 Å². The zero-order valence-corrected chi connectivity index (χ0v) is 17.7. The van der Waals surface area contributed by atoms with E-state index in [1.54, 1.807) is 24.3 Å². The molecule has 1 heterocycles. The summed E-state index contributed by atoms with van der Waals surface area (Å²) in [5.74, 6) is -4.81. The predicted molar refractivity (Wildman–Crippen MR) is 114 cm³/mol. The van der Waals surface area contributed by atoms with Gasteiger partial charge in [-0.3, -0.25) is 0 Å². The minimum absolute atomic E-state index is 0.00320. The molecule has 8 heteroatoms. The highest BCUT2D eigenvalue weighted by atomic mass is 19.3. The maximum Gasteiger partial charge on any atom is 0.281 e. The maximum absolute atomic E-state index is 14.8. The molecular weight excluding hydrogens is 446 g/mol. The van der Waals surface area contributed by atoms with E-state index >= 15 is 0 Å². The fourth-order valence-electron chi connectivity index (χ4n) is 5.31. The summed E-state index contributed by atoms with van der Waals surface area (Å²) < 4.78 is 58.4. The summed E-state index contributed by atoms with van der Waals surface area (Å²) in [6, 6.07) is 12.2. The van der Waals surface area contributed by atoms with Crippen LogP contribution in [0.4, 0.5) is 17.6 Å². The molecule has 0 unspecified atom stereocenters. The molecule has 2 aliphatic rings. The van der Waals surface area contributed by atoms with E-state index in [-0.39, 0.29) is 46.4 Å². The van der Waals surface area contributed by atoms with Crippen molar-refractivity contribution in [3.63, 3.8) is 0 Å². The second-order valence-corrected chi connectivity index (χ2v) is 8.61. The fourth-order valence-corrected chi connectivity index (χ4v) is 5.31. The highest BCUT2D eigenvalue weighted by Crippen LogP contribution is 2.53. The highest BCUT2D eigenvalue weighted by Gasteiger charge is 2.50. The molecule has 1 aromatic heterocycles. The number of nitrogens with zero attached hydrogens (tertiary/aromatic N) is 3. The number of benzene rings is 2. The fraction of sp³-hybridized carbons (Fsp3) is 0.269. The second kappa shape index (κ2) is 7.93. The van der Waals surface area contributed by atoms with E-state index in [1.165, 1.54) is 6.20 Å². The van der Waals surface area contributed by atoms with Gasteiger partial charge in [-0.15, -0.1) is 0 Å². The number of pyridine rings is 1. The topological polar surface area (TPSA) is 80.7 Å². The van der Waals surface area contributed by atoms with Crippen LogP contribution in [0.1, 0.15) is 70.1 Å². The molecule has 0 radical (unpaired) electrons.